The van der Waals surface area contributed by atoms with Crippen LogP contribution < -0.4 is 0 Å². The third-order valence-corrected chi connectivity index (χ3v) is 3.36. The zero-order valence-electron chi connectivity index (χ0n) is 9.69. The zero-order valence-corrected chi connectivity index (χ0v) is 11.2. The molecule has 2 aromatic rings. The molecule has 0 fully saturated rings. The van der Waals surface area contributed by atoms with E-state index in [0.717, 1.165) is 17.4 Å². The number of hydrogen-bond acceptors (Lipinski definition) is 2. The van der Waals surface area contributed by atoms with Gasteiger partial charge in [0.25, 0.3) is 0 Å². The molecule has 0 spiro atoms. The maximum atomic E-state index is 11.4. The molecule has 94 valence electrons. The van der Waals surface area contributed by atoms with Gasteiger partial charge in [0.1, 0.15) is 5.92 Å². The smallest absolute Gasteiger partial charge is 0.238 e. The Morgan fingerprint density at radius 2 is 1.83 bits per heavy atom. The van der Waals surface area contributed by atoms with Crippen LogP contribution in [0.25, 0.3) is 10.9 Å². The number of nitrogens with zero attached hydrogens (tertiary/aromatic N) is 1. The van der Waals surface area contributed by atoms with Crippen LogP contribution in [0.4, 0.5) is 0 Å². The first-order valence-corrected chi connectivity index (χ1v) is 6.28. The van der Waals surface area contributed by atoms with Crippen LogP contribution in [0.3, 0.4) is 0 Å². The van der Waals surface area contributed by atoms with Gasteiger partial charge in [0.2, 0.25) is 10.5 Å². The maximum absolute atomic E-state index is 11.4. The van der Waals surface area contributed by atoms with Crippen LogP contribution in [0.2, 0.25) is 0 Å². The Balaban J connectivity index is 2.70. The molecule has 0 unspecified atom stereocenters. The average molecular weight is 284 g/mol. The summed E-state index contributed by atoms with van der Waals surface area (Å²) < 4.78 is 1.96. The van der Waals surface area contributed by atoms with E-state index in [0.29, 0.717) is 5.56 Å². The van der Waals surface area contributed by atoms with Gasteiger partial charge in [-0.05, 0) is 41.8 Å². The fourth-order valence-corrected chi connectivity index (χ4v) is 2.59. The number of carbonyl (C=O) groups is 2. The van der Waals surface area contributed by atoms with Crippen LogP contribution in [0.5, 0.6) is 0 Å². The van der Waals surface area contributed by atoms with Gasteiger partial charge >= 0.3 is 0 Å². The van der Waals surface area contributed by atoms with Crippen LogP contribution in [0, 0.1) is 0 Å². The fraction of sp³-hybridized carbons (Fsp3) is 0.231. The Morgan fingerprint density at radius 3 is 2.39 bits per heavy atom. The molecule has 1 aromatic carbocycles. The molecule has 1 aromatic heterocycles. The Labute approximate surface area is 114 Å². The molecule has 0 aliphatic rings. The molecule has 0 bridgehead atoms. The summed E-state index contributed by atoms with van der Waals surface area (Å²) in [4.78, 5) is 22.8. The number of carbonyl (C=O) groups excluding carboxylic acids is 2. The summed E-state index contributed by atoms with van der Waals surface area (Å²) in [5.74, 6) is -1.11. The molecule has 0 saturated carbocycles. The van der Waals surface area contributed by atoms with Gasteiger partial charge in [-0.2, -0.15) is 0 Å². The second kappa shape index (κ2) is 5.12. The van der Waals surface area contributed by atoms with Crippen molar-refractivity contribution in [2.45, 2.75) is 19.4 Å². The lowest BCUT2D eigenvalue weighted by molar-refractivity contribution is -0.120. The highest BCUT2D eigenvalue weighted by atomic mass is 35.5. The van der Waals surface area contributed by atoms with Crippen LogP contribution in [-0.4, -0.2) is 15.1 Å². The van der Waals surface area contributed by atoms with Gasteiger partial charge in [-0.3, -0.25) is 9.59 Å². The van der Waals surface area contributed by atoms with Crippen molar-refractivity contribution in [2.75, 3.05) is 0 Å². The minimum atomic E-state index is -1.11. The van der Waals surface area contributed by atoms with E-state index in [4.69, 9.17) is 23.2 Å². The highest BCUT2D eigenvalue weighted by molar-refractivity contribution is 6.74. The molecule has 1 heterocycles. The molecule has 18 heavy (non-hydrogen) atoms. The minimum Gasteiger partial charge on any atom is -0.347 e. The van der Waals surface area contributed by atoms with Crippen molar-refractivity contribution in [1.82, 2.24) is 4.57 Å². The Hall–Kier alpha value is -1.32. The average Bonchev–Trinajstić information content (AvgIpc) is 2.67. The maximum Gasteiger partial charge on any atom is 0.238 e. The van der Waals surface area contributed by atoms with E-state index in [1.165, 1.54) is 0 Å². The molecule has 2 rings (SSSR count). The Bertz CT molecular complexity index is 604. The third-order valence-electron chi connectivity index (χ3n) is 2.93. The molecule has 3 nitrogen and oxygen atoms in total. The minimum absolute atomic E-state index is 0.562. The van der Waals surface area contributed by atoms with Gasteiger partial charge in [0, 0.05) is 23.6 Å². The first-order chi connectivity index (χ1) is 8.56. The highest BCUT2D eigenvalue weighted by Crippen LogP contribution is 2.30. The highest BCUT2D eigenvalue weighted by Gasteiger charge is 2.28. The second-order valence-corrected chi connectivity index (χ2v) is 4.67. The molecular formula is C13H11Cl2NO2. The van der Waals surface area contributed by atoms with E-state index in [1.807, 2.05) is 35.8 Å². The van der Waals surface area contributed by atoms with E-state index in [1.54, 1.807) is 6.20 Å². The second-order valence-electron chi connectivity index (χ2n) is 3.93. The number of benzene rings is 1. The largest absolute Gasteiger partial charge is 0.347 e. The number of aryl methyl sites for hydroxylation is 1. The quantitative estimate of drug-likeness (QED) is 0.638. The van der Waals surface area contributed by atoms with Crippen LogP contribution >= 0.6 is 23.2 Å². The van der Waals surface area contributed by atoms with Gasteiger partial charge in [-0.25, -0.2) is 0 Å². The SMILES string of the molecule is CCn1cc(C(C(=O)Cl)C(=O)Cl)c2ccccc21. The summed E-state index contributed by atoms with van der Waals surface area (Å²) in [6, 6.07) is 7.53. The lowest BCUT2D eigenvalue weighted by atomic mass is 10.0. The van der Waals surface area contributed by atoms with Crippen LogP contribution in [-0.2, 0) is 16.1 Å². The first kappa shape index (κ1) is 13.1. The molecule has 0 radical (unpaired) electrons. The lowest BCUT2D eigenvalue weighted by Gasteiger charge is -2.05. The number of para-hydroxylation sites is 1. The van der Waals surface area contributed by atoms with Gasteiger partial charge < -0.3 is 4.57 Å². The van der Waals surface area contributed by atoms with E-state index < -0.39 is 16.4 Å². The summed E-state index contributed by atoms with van der Waals surface area (Å²) in [6.07, 6.45) is 1.76. The van der Waals surface area contributed by atoms with Crippen LogP contribution in [0.15, 0.2) is 30.5 Å². The normalized spacial score (nSPS) is 11.1. The predicted octanol–water partition coefficient (Wildman–Crippen LogP) is 3.28. The van der Waals surface area contributed by atoms with Gasteiger partial charge in [-0.15, -0.1) is 0 Å². The predicted molar refractivity (Wildman–Crippen MR) is 72.1 cm³/mol. The lowest BCUT2D eigenvalue weighted by Crippen LogP contribution is -2.13. The number of fused-ring (bicyclic) bond motifs is 1. The number of rotatable bonds is 4. The van der Waals surface area contributed by atoms with Crippen molar-refractivity contribution in [3.63, 3.8) is 0 Å². The van der Waals surface area contributed by atoms with Crippen molar-refractivity contribution < 1.29 is 9.59 Å². The standard InChI is InChI=1S/C13H11Cl2NO2/c1-2-16-7-9(11(12(14)17)13(15)18)8-5-3-4-6-10(8)16/h3-7,11H,2H2,1H3. The molecular weight excluding hydrogens is 273 g/mol. The van der Waals surface area contributed by atoms with Crippen molar-refractivity contribution in [3.8, 4) is 0 Å². The summed E-state index contributed by atoms with van der Waals surface area (Å²) in [7, 11) is 0. The molecule has 0 saturated heterocycles. The Morgan fingerprint density at radius 1 is 1.22 bits per heavy atom. The van der Waals surface area contributed by atoms with E-state index in [-0.39, 0.29) is 0 Å². The number of aromatic nitrogens is 1. The van der Waals surface area contributed by atoms with Gasteiger partial charge in [0.05, 0.1) is 0 Å². The molecule has 0 atom stereocenters. The van der Waals surface area contributed by atoms with E-state index >= 15 is 0 Å². The molecule has 5 heteroatoms. The topological polar surface area (TPSA) is 39.1 Å². The van der Waals surface area contributed by atoms with Crippen molar-refractivity contribution in [2.24, 2.45) is 0 Å². The monoisotopic (exact) mass is 283 g/mol. The summed E-state index contributed by atoms with van der Waals surface area (Å²) in [5, 5.41) is -0.685. The Kier molecular flexibility index (Phi) is 3.73. The zero-order chi connectivity index (χ0) is 13.3. The van der Waals surface area contributed by atoms with Crippen molar-refractivity contribution in [3.05, 3.63) is 36.0 Å². The van der Waals surface area contributed by atoms with Crippen molar-refractivity contribution in [1.29, 1.82) is 0 Å². The number of hydrogen-bond donors (Lipinski definition) is 0. The summed E-state index contributed by atoms with van der Waals surface area (Å²) >= 11 is 10.9. The molecule has 0 aliphatic carbocycles. The van der Waals surface area contributed by atoms with Crippen molar-refractivity contribution >= 4 is 44.6 Å². The van der Waals surface area contributed by atoms with Crippen LogP contribution in [0.1, 0.15) is 18.4 Å². The molecule has 0 N–H and O–H groups in total. The van der Waals surface area contributed by atoms with E-state index in [2.05, 4.69) is 0 Å². The molecule has 0 aliphatic heterocycles. The van der Waals surface area contributed by atoms with Gasteiger partial charge in [-0.1, -0.05) is 18.2 Å². The number of halogens is 2. The third kappa shape index (κ3) is 2.16. The fourth-order valence-electron chi connectivity index (χ4n) is 2.10. The van der Waals surface area contributed by atoms with E-state index in [9.17, 15) is 9.59 Å². The summed E-state index contributed by atoms with van der Waals surface area (Å²) in [6.45, 7) is 2.72. The first-order valence-electron chi connectivity index (χ1n) is 5.52. The van der Waals surface area contributed by atoms with Gasteiger partial charge in [0.15, 0.2) is 0 Å². The summed E-state index contributed by atoms with van der Waals surface area (Å²) in [5.41, 5.74) is 1.52. The molecule has 0 amide bonds.